The molecule has 1 saturated carbocycles. The fourth-order valence-corrected chi connectivity index (χ4v) is 3.04. The van der Waals surface area contributed by atoms with Gasteiger partial charge in [-0.15, -0.1) is 12.4 Å². The third-order valence-corrected chi connectivity index (χ3v) is 4.32. The molecule has 2 aliphatic rings. The molecule has 1 aliphatic carbocycles. The maximum absolute atomic E-state index is 12.2. The van der Waals surface area contributed by atoms with Crippen molar-refractivity contribution >= 4 is 35.9 Å². The van der Waals surface area contributed by atoms with Crippen LogP contribution in [0.15, 0.2) is 24.3 Å². The monoisotopic (exact) mass is 352 g/mol. The van der Waals surface area contributed by atoms with Crippen LogP contribution in [0, 0.1) is 5.92 Å². The largest absolute Gasteiger partial charge is 0.329 e. The van der Waals surface area contributed by atoms with E-state index in [1.54, 1.807) is 18.2 Å². The number of hydrogen-bond donors (Lipinski definition) is 3. The van der Waals surface area contributed by atoms with E-state index in [4.69, 9.17) is 5.73 Å². The zero-order valence-corrected chi connectivity index (χ0v) is 14.0. The Hall–Kier alpha value is -2.12. The van der Waals surface area contributed by atoms with Gasteiger partial charge in [-0.05, 0) is 37.0 Å². The first-order valence-electron chi connectivity index (χ1n) is 7.76. The number of urea groups is 1. The first kappa shape index (κ1) is 18.2. The van der Waals surface area contributed by atoms with Gasteiger partial charge in [0.1, 0.15) is 0 Å². The van der Waals surface area contributed by atoms with Gasteiger partial charge in [0.05, 0.1) is 13.1 Å². The number of amides is 4. The summed E-state index contributed by atoms with van der Waals surface area (Å²) in [7, 11) is 0. The number of nitrogens with one attached hydrogen (secondary N) is 2. The number of rotatable bonds is 4. The van der Waals surface area contributed by atoms with Gasteiger partial charge >= 0.3 is 6.03 Å². The van der Waals surface area contributed by atoms with Crippen molar-refractivity contribution in [3.8, 4) is 0 Å². The highest BCUT2D eigenvalue weighted by molar-refractivity contribution is 6.01. The Kier molecular flexibility index (Phi) is 5.80. The summed E-state index contributed by atoms with van der Waals surface area (Å²) in [5, 5.41) is 5.38. The lowest BCUT2D eigenvalue weighted by atomic mass is 10.1. The number of imide groups is 1. The minimum Gasteiger partial charge on any atom is -0.329 e. The maximum atomic E-state index is 12.2. The Morgan fingerprint density at radius 1 is 1.33 bits per heavy atom. The van der Waals surface area contributed by atoms with Crippen LogP contribution in [0.3, 0.4) is 0 Å². The molecule has 2 unspecified atom stereocenters. The van der Waals surface area contributed by atoms with E-state index in [-0.39, 0.29) is 55.3 Å². The van der Waals surface area contributed by atoms with Crippen LogP contribution >= 0.6 is 12.4 Å². The molecule has 0 bridgehead atoms. The van der Waals surface area contributed by atoms with Crippen LogP contribution in [-0.4, -0.2) is 35.3 Å². The first-order valence-corrected chi connectivity index (χ1v) is 7.76. The van der Waals surface area contributed by atoms with Crippen molar-refractivity contribution in [2.45, 2.75) is 31.8 Å². The number of hydrogen-bond acceptors (Lipinski definition) is 4. The van der Waals surface area contributed by atoms with Crippen molar-refractivity contribution in [1.29, 1.82) is 0 Å². The van der Waals surface area contributed by atoms with Crippen molar-refractivity contribution < 1.29 is 14.4 Å². The Morgan fingerprint density at radius 3 is 2.75 bits per heavy atom. The minimum atomic E-state index is -0.385. The van der Waals surface area contributed by atoms with Crippen LogP contribution in [-0.2, 0) is 16.1 Å². The van der Waals surface area contributed by atoms with E-state index in [0.717, 1.165) is 23.3 Å². The molecule has 3 rings (SSSR count). The molecule has 0 radical (unpaired) electrons. The summed E-state index contributed by atoms with van der Waals surface area (Å²) in [4.78, 5) is 36.6. The van der Waals surface area contributed by atoms with E-state index in [0.29, 0.717) is 12.1 Å². The third-order valence-electron chi connectivity index (χ3n) is 4.32. The summed E-state index contributed by atoms with van der Waals surface area (Å²) in [6, 6.07) is 6.92. The average Bonchev–Trinajstić information content (AvgIpc) is 3.09. The normalized spacial score (nSPS) is 23.0. The Labute approximate surface area is 146 Å². The zero-order chi connectivity index (χ0) is 16.4. The topological polar surface area (TPSA) is 105 Å². The summed E-state index contributed by atoms with van der Waals surface area (Å²) < 4.78 is 0. The second kappa shape index (κ2) is 7.63. The van der Waals surface area contributed by atoms with Crippen molar-refractivity contribution in [3.05, 3.63) is 29.8 Å². The maximum Gasteiger partial charge on any atom is 0.324 e. The third kappa shape index (κ3) is 4.04. The highest BCUT2D eigenvalue weighted by Gasteiger charge is 2.29. The van der Waals surface area contributed by atoms with Crippen LogP contribution in [0.2, 0.25) is 0 Å². The molecular weight excluding hydrogens is 332 g/mol. The molecule has 1 aromatic carbocycles. The molecule has 7 nitrogen and oxygen atoms in total. The van der Waals surface area contributed by atoms with Crippen molar-refractivity contribution in [2.24, 2.45) is 11.7 Å². The summed E-state index contributed by atoms with van der Waals surface area (Å²) in [5.41, 5.74) is 7.30. The van der Waals surface area contributed by atoms with Crippen molar-refractivity contribution in [1.82, 2.24) is 10.2 Å². The number of carbonyl (C=O) groups excluding carboxylic acids is 3. The fraction of sp³-hybridized carbons (Fsp3) is 0.438. The van der Waals surface area contributed by atoms with Crippen molar-refractivity contribution in [2.75, 3.05) is 11.9 Å². The number of benzene rings is 1. The van der Waals surface area contributed by atoms with Gasteiger partial charge in [0.2, 0.25) is 11.8 Å². The number of carbonyl (C=O) groups is 3. The molecule has 130 valence electrons. The summed E-state index contributed by atoms with van der Waals surface area (Å²) in [6.45, 7) is 0.236. The highest BCUT2D eigenvalue weighted by Crippen LogP contribution is 2.25. The highest BCUT2D eigenvalue weighted by atomic mass is 35.5. The van der Waals surface area contributed by atoms with Crippen LogP contribution in [0.5, 0.6) is 0 Å². The quantitative estimate of drug-likeness (QED) is 0.709. The zero-order valence-electron chi connectivity index (χ0n) is 13.2. The molecule has 8 heteroatoms. The van der Waals surface area contributed by atoms with Gasteiger partial charge in [0, 0.05) is 17.6 Å². The predicted octanol–water partition coefficient (Wildman–Crippen LogP) is 1.23. The van der Waals surface area contributed by atoms with Crippen LogP contribution < -0.4 is 16.4 Å². The van der Waals surface area contributed by atoms with Gasteiger partial charge in [-0.1, -0.05) is 12.1 Å². The predicted molar refractivity (Wildman–Crippen MR) is 91.6 cm³/mol. The molecule has 0 spiro atoms. The number of nitrogens with zero attached hydrogens (tertiary/aromatic N) is 1. The minimum absolute atomic E-state index is 0. The lowest BCUT2D eigenvalue weighted by Gasteiger charge is -2.14. The molecule has 4 amide bonds. The van der Waals surface area contributed by atoms with E-state index in [1.165, 1.54) is 0 Å². The van der Waals surface area contributed by atoms with E-state index in [1.807, 2.05) is 6.07 Å². The second-order valence-electron chi connectivity index (χ2n) is 6.10. The standard InChI is InChI=1S/C16H20N4O3.ClH/c17-12-5-4-11(7-12)15(22)19-13-3-1-2-10(6-13)9-20-14(21)8-18-16(20)23;/h1-3,6,11-12H,4-5,7-9,17H2,(H,18,23)(H,19,22);1H. The van der Waals surface area contributed by atoms with E-state index in [2.05, 4.69) is 10.6 Å². The number of anilines is 1. The molecule has 2 fully saturated rings. The molecule has 2 atom stereocenters. The van der Waals surface area contributed by atoms with Crippen LogP contribution in [0.1, 0.15) is 24.8 Å². The van der Waals surface area contributed by atoms with E-state index in [9.17, 15) is 14.4 Å². The van der Waals surface area contributed by atoms with Gasteiger partial charge in [-0.2, -0.15) is 0 Å². The van der Waals surface area contributed by atoms with Crippen molar-refractivity contribution in [3.63, 3.8) is 0 Å². The SMILES string of the molecule is Cl.NC1CCC(C(=O)Nc2cccc(CN3C(=O)CNC3=O)c2)C1. The molecule has 4 N–H and O–H groups in total. The van der Waals surface area contributed by atoms with E-state index < -0.39 is 0 Å². The molecule has 1 aromatic rings. The summed E-state index contributed by atoms with van der Waals surface area (Å²) in [5.74, 6) is -0.311. The van der Waals surface area contributed by atoms with Gasteiger partial charge in [0.15, 0.2) is 0 Å². The lowest BCUT2D eigenvalue weighted by Crippen LogP contribution is -2.30. The fourth-order valence-electron chi connectivity index (χ4n) is 3.04. The van der Waals surface area contributed by atoms with Gasteiger partial charge in [-0.25, -0.2) is 4.79 Å². The Morgan fingerprint density at radius 2 is 2.12 bits per heavy atom. The summed E-state index contributed by atoms with van der Waals surface area (Å²) in [6.07, 6.45) is 2.41. The molecular formula is C16H21ClN4O3. The molecule has 0 aromatic heterocycles. The van der Waals surface area contributed by atoms with Gasteiger partial charge in [-0.3, -0.25) is 14.5 Å². The number of halogens is 1. The van der Waals surface area contributed by atoms with Crippen LogP contribution in [0.4, 0.5) is 10.5 Å². The molecule has 1 heterocycles. The first-order chi connectivity index (χ1) is 11.0. The molecule has 1 aliphatic heterocycles. The van der Waals surface area contributed by atoms with Gasteiger partial charge in [0.25, 0.3) is 0 Å². The summed E-state index contributed by atoms with van der Waals surface area (Å²) >= 11 is 0. The second-order valence-corrected chi connectivity index (χ2v) is 6.10. The number of nitrogens with two attached hydrogens (primary N) is 1. The molecule has 24 heavy (non-hydrogen) atoms. The van der Waals surface area contributed by atoms with E-state index >= 15 is 0 Å². The average molecular weight is 353 g/mol. The lowest BCUT2D eigenvalue weighted by molar-refractivity contribution is -0.125. The Balaban J connectivity index is 0.00000208. The Bertz CT molecular complexity index is 636. The molecule has 1 saturated heterocycles. The van der Waals surface area contributed by atoms with Gasteiger partial charge < -0.3 is 16.4 Å². The smallest absolute Gasteiger partial charge is 0.324 e. The van der Waals surface area contributed by atoms with Crippen LogP contribution in [0.25, 0.3) is 0 Å².